The molecule has 54 valence electrons. The van der Waals surface area contributed by atoms with Crippen LogP contribution >= 0.6 is 0 Å². The molecule has 9 heavy (non-hydrogen) atoms. The van der Waals surface area contributed by atoms with Gasteiger partial charge in [-0.25, -0.2) is 0 Å². The van der Waals surface area contributed by atoms with Crippen LogP contribution in [0.15, 0.2) is 0 Å². The summed E-state index contributed by atoms with van der Waals surface area (Å²) >= 11 is 0. The highest BCUT2D eigenvalue weighted by molar-refractivity contribution is 5.75. The minimum absolute atomic E-state index is 0.00569. The number of amides is 1. The zero-order chi connectivity index (χ0) is 7.28. The third kappa shape index (κ3) is 3.97. The van der Waals surface area contributed by atoms with Crippen LogP contribution in [0.4, 0.5) is 0 Å². The van der Waals surface area contributed by atoms with Crippen molar-refractivity contribution in [1.82, 2.24) is 5.32 Å². The molecular weight excluding hydrogens is 118 g/mol. The second-order valence-corrected chi connectivity index (χ2v) is 2.00. The number of aliphatic hydroxyl groups is 1. The van der Waals surface area contributed by atoms with Crippen LogP contribution in [0.5, 0.6) is 0 Å². The first-order valence-electron chi connectivity index (χ1n) is 3.11. The highest BCUT2D eigenvalue weighted by Gasteiger charge is 2.01. The maximum atomic E-state index is 10.6. The molecule has 1 amide bonds. The molecule has 0 aliphatic heterocycles. The fourth-order valence-corrected chi connectivity index (χ4v) is 0.423. The Morgan fingerprint density at radius 3 is 2.67 bits per heavy atom. The van der Waals surface area contributed by atoms with Crippen molar-refractivity contribution in [3.63, 3.8) is 0 Å². The normalized spacial score (nSPS) is 12.8. The Balaban J connectivity index is 3.34. The van der Waals surface area contributed by atoms with Gasteiger partial charge in [-0.3, -0.25) is 4.79 Å². The van der Waals surface area contributed by atoms with E-state index in [2.05, 4.69) is 5.32 Å². The molecule has 0 spiro atoms. The summed E-state index contributed by atoms with van der Waals surface area (Å²) in [4.78, 5) is 10.6. The van der Waals surface area contributed by atoms with Gasteiger partial charge in [-0.1, -0.05) is 6.92 Å². The lowest BCUT2D eigenvalue weighted by atomic mass is 10.3. The standard InChI is InChI=1S/C6H13NO2/c1-3-6(9)7-5(2)4-8/h5,8H,3-4H2,1-2H3,(H,7,9)/t5-/m0/s1. The van der Waals surface area contributed by atoms with Gasteiger partial charge >= 0.3 is 0 Å². The van der Waals surface area contributed by atoms with E-state index in [4.69, 9.17) is 5.11 Å². The smallest absolute Gasteiger partial charge is 0.220 e. The lowest BCUT2D eigenvalue weighted by Crippen LogP contribution is -2.34. The summed E-state index contributed by atoms with van der Waals surface area (Å²) in [5.41, 5.74) is 0. The van der Waals surface area contributed by atoms with Crippen molar-refractivity contribution in [1.29, 1.82) is 0 Å². The summed E-state index contributed by atoms with van der Waals surface area (Å²) < 4.78 is 0. The summed E-state index contributed by atoms with van der Waals surface area (Å²) in [5, 5.41) is 11.1. The van der Waals surface area contributed by atoms with Gasteiger partial charge in [0, 0.05) is 12.5 Å². The number of nitrogens with one attached hydrogen (secondary N) is 1. The minimum atomic E-state index is -0.113. The topological polar surface area (TPSA) is 49.3 Å². The van der Waals surface area contributed by atoms with E-state index < -0.39 is 0 Å². The van der Waals surface area contributed by atoms with Crippen LogP contribution in [0.25, 0.3) is 0 Å². The Morgan fingerprint density at radius 2 is 2.33 bits per heavy atom. The largest absolute Gasteiger partial charge is 0.394 e. The van der Waals surface area contributed by atoms with Gasteiger partial charge in [-0.2, -0.15) is 0 Å². The van der Waals surface area contributed by atoms with Crippen molar-refractivity contribution in [2.24, 2.45) is 0 Å². The van der Waals surface area contributed by atoms with Crippen molar-refractivity contribution in [3.8, 4) is 0 Å². The number of carbonyl (C=O) groups excluding carboxylic acids is 1. The molecule has 3 nitrogen and oxygen atoms in total. The average molecular weight is 131 g/mol. The van der Waals surface area contributed by atoms with Crippen molar-refractivity contribution in [2.45, 2.75) is 26.3 Å². The summed E-state index contributed by atoms with van der Waals surface area (Å²) in [6.07, 6.45) is 0.477. The van der Waals surface area contributed by atoms with Crippen LogP contribution in [-0.4, -0.2) is 23.7 Å². The number of carbonyl (C=O) groups is 1. The third-order valence-corrected chi connectivity index (χ3v) is 1.00. The maximum absolute atomic E-state index is 10.6. The SMILES string of the molecule is CCC(=O)N[C@@H](C)CO. The monoisotopic (exact) mass is 131 g/mol. The molecule has 0 aliphatic carbocycles. The Hall–Kier alpha value is -0.570. The Kier molecular flexibility index (Phi) is 4.05. The van der Waals surface area contributed by atoms with Crippen LogP contribution in [0, 0.1) is 0 Å². The van der Waals surface area contributed by atoms with E-state index in [-0.39, 0.29) is 18.6 Å². The van der Waals surface area contributed by atoms with Gasteiger partial charge in [-0.05, 0) is 6.92 Å². The molecule has 0 bridgehead atoms. The molecule has 3 heteroatoms. The molecule has 0 aliphatic rings. The quantitative estimate of drug-likeness (QED) is 0.561. The molecule has 0 aromatic heterocycles. The van der Waals surface area contributed by atoms with Crippen LogP contribution in [-0.2, 0) is 4.79 Å². The summed E-state index contributed by atoms with van der Waals surface area (Å²) in [5.74, 6) is -0.0171. The van der Waals surface area contributed by atoms with Gasteiger partial charge in [-0.15, -0.1) is 0 Å². The van der Waals surface area contributed by atoms with E-state index >= 15 is 0 Å². The van der Waals surface area contributed by atoms with Gasteiger partial charge in [0.2, 0.25) is 5.91 Å². The van der Waals surface area contributed by atoms with Crippen LogP contribution in [0.2, 0.25) is 0 Å². The maximum Gasteiger partial charge on any atom is 0.220 e. The molecule has 0 heterocycles. The van der Waals surface area contributed by atoms with Crippen LogP contribution < -0.4 is 5.32 Å². The van der Waals surface area contributed by atoms with Crippen molar-refractivity contribution in [2.75, 3.05) is 6.61 Å². The van der Waals surface area contributed by atoms with Gasteiger partial charge in [0.1, 0.15) is 0 Å². The van der Waals surface area contributed by atoms with Gasteiger partial charge in [0.25, 0.3) is 0 Å². The molecule has 0 aromatic carbocycles. The summed E-state index contributed by atoms with van der Waals surface area (Å²) in [7, 11) is 0. The molecular formula is C6H13NO2. The molecule has 0 radical (unpaired) electrons. The molecule has 0 saturated heterocycles. The molecule has 0 aromatic rings. The van der Waals surface area contributed by atoms with E-state index in [0.717, 1.165) is 0 Å². The van der Waals surface area contributed by atoms with E-state index in [9.17, 15) is 4.79 Å². The highest BCUT2D eigenvalue weighted by atomic mass is 16.3. The predicted octanol–water partition coefficient (Wildman–Crippen LogP) is -0.107. The highest BCUT2D eigenvalue weighted by Crippen LogP contribution is 1.80. The zero-order valence-corrected chi connectivity index (χ0v) is 5.85. The lowest BCUT2D eigenvalue weighted by Gasteiger charge is -2.08. The lowest BCUT2D eigenvalue weighted by molar-refractivity contribution is -0.121. The van der Waals surface area contributed by atoms with Gasteiger partial charge in [0.05, 0.1) is 6.61 Å². The number of hydrogen-bond acceptors (Lipinski definition) is 2. The van der Waals surface area contributed by atoms with E-state index in [0.29, 0.717) is 6.42 Å². The first kappa shape index (κ1) is 8.43. The zero-order valence-electron chi connectivity index (χ0n) is 5.85. The number of rotatable bonds is 3. The summed E-state index contributed by atoms with van der Waals surface area (Å²) in [6.45, 7) is 3.54. The second kappa shape index (κ2) is 4.32. The Bertz CT molecular complexity index is 93.1. The van der Waals surface area contributed by atoms with Crippen molar-refractivity contribution < 1.29 is 9.90 Å². The Labute approximate surface area is 55.1 Å². The fraction of sp³-hybridized carbons (Fsp3) is 0.833. The molecule has 0 fully saturated rings. The molecule has 1 atom stereocenters. The number of hydrogen-bond donors (Lipinski definition) is 2. The van der Waals surface area contributed by atoms with E-state index in [1.54, 1.807) is 13.8 Å². The van der Waals surface area contributed by atoms with E-state index in [1.165, 1.54) is 0 Å². The molecule has 2 N–H and O–H groups in total. The molecule has 0 rings (SSSR count). The van der Waals surface area contributed by atoms with Crippen molar-refractivity contribution in [3.05, 3.63) is 0 Å². The Morgan fingerprint density at radius 1 is 1.78 bits per heavy atom. The average Bonchev–Trinajstić information content (AvgIpc) is 1.87. The second-order valence-electron chi connectivity index (χ2n) is 2.00. The van der Waals surface area contributed by atoms with Crippen molar-refractivity contribution >= 4 is 5.91 Å². The fourth-order valence-electron chi connectivity index (χ4n) is 0.423. The first-order chi connectivity index (χ1) is 4.20. The van der Waals surface area contributed by atoms with Crippen LogP contribution in [0.3, 0.4) is 0 Å². The van der Waals surface area contributed by atoms with E-state index in [1.807, 2.05) is 0 Å². The first-order valence-corrected chi connectivity index (χ1v) is 3.11. The summed E-state index contributed by atoms with van der Waals surface area (Å²) in [6, 6.07) is -0.113. The van der Waals surface area contributed by atoms with Gasteiger partial charge in [0.15, 0.2) is 0 Å². The molecule has 0 unspecified atom stereocenters. The van der Waals surface area contributed by atoms with Gasteiger partial charge < -0.3 is 10.4 Å². The third-order valence-electron chi connectivity index (χ3n) is 1.00. The molecule has 0 saturated carbocycles. The van der Waals surface area contributed by atoms with Crippen LogP contribution in [0.1, 0.15) is 20.3 Å². The minimum Gasteiger partial charge on any atom is -0.394 e. The predicted molar refractivity (Wildman–Crippen MR) is 35.0 cm³/mol. The number of aliphatic hydroxyl groups excluding tert-OH is 1.